The molecule has 4 N–H and O–H groups in total. The van der Waals surface area contributed by atoms with Gasteiger partial charge in [-0.25, -0.2) is 4.79 Å². The van der Waals surface area contributed by atoms with E-state index < -0.39 is 17.5 Å². The van der Waals surface area contributed by atoms with Crippen LogP contribution in [0.1, 0.15) is 39.2 Å². The molecule has 8 heteroatoms. The Labute approximate surface area is 152 Å². The van der Waals surface area contributed by atoms with Crippen LogP contribution in [0.4, 0.5) is 10.5 Å². The summed E-state index contributed by atoms with van der Waals surface area (Å²) in [5.41, 5.74) is -0.179. The standard InChI is InChI=1S/C18H24N4O4/c1-11(2)7-8-14(23)19-10-15(24)20-13-6-4-5-12(9-13)18(3)16(25)21-17(26)22-18/h4-6,9,11H,7-8,10H2,1-3H3,(H,19,23)(H,20,24)(H2,21,22,25,26). The van der Waals surface area contributed by atoms with Crippen LogP contribution in [-0.2, 0) is 19.9 Å². The molecule has 0 aromatic heterocycles. The molecule has 0 radical (unpaired) electrons. The van der Waals surface area contributed by atoms with Crippen molar-refractivity contribution in [2.24, 2.45) is 5.92 Å². The highest BCUT2D eigenvalue weighted by Crippen LogP contribution is 2.26. The molecule has 1 fully saturated rings. The van der Waals surface area contributed by atoms with Gasteiger partial charge in [0, 0.05) is 12.1 Å². The molecule has 140 valence electrons. The van der Waals surface area contributed by atoms with Gasteiger partial charge in [0.25, 0.3) is 5.91 Å². The van der Waals surface area contributed by atoms with Gasteiger partial charge in [-0.15, -0.1) is 0 Å². The number of carbonyl (C=O) groups is 4. The van der Waals surface area contributed by atoms with E-state index in [1.165, 1.54) is 0 Å². The summed E-state index contributed by atoms with van der Waals surface area (Å²) in [4.78, 5) is 47.1. The van der Waals surface area contributed by atoms with E-state index in [9.17, 15) is 19.2 Å². The SMILES string of the molecule is CC(C)CCC(=O)NCC(=O)Nc1cccc(C2(C)NC(=O)NC2=O)c1. The Kier molecular flexibility index (Phi) is 5.97. The number of anilines is 1. The predicted octanol–water partition coefficient (Wildman–Crippen LogP) is 1.23. The summed E-state index contributed by atoms with van der Waals surface area (Å²) in [7, 11) is 0. The first-order chi connectivity index (χ1) is 12.2. The molecule has 1 aromatic carbocycles. The highest BCUT2D eigenvalue weighted by Gasteiger charge is 2.43. The zero-order valence-electron chi connectivity index (χ0n) is 15.1. The second-order valence-corrected chi connectivity index (χ2v) is 6.87. The zero-order chi connectivity index (χ0) is 19.3. The van der Waals surface area contributed by atoms with Crippen LogP contribution in [-0.4, -0.2) is 30.3 Å². The van der Waals surface area contributed by atoms with Gasteiger partial charge in [-0.2, -0.15) is 0 Å². The van der Waals surface area contributed by atoms with Crippen LogP contribution in [0.5, 0.6) is 0 Å². The third-order valence-corrected chi connectivity index (χ3v) is 4.16. The van der Waals surface area contributed by atoms with Crippen molar-refractivity contribution in [3.63, 3.8) is 0 Å². The summed E-state index contributed by atoms with van der Waals surface area (Å²) in [6.45, 7) is 5.51. The number of hydrogen-bond acceptors (Lipinski definition) is 4. The Hall–Kier alpha value is -2.90. The fourth-order valence-electron chi connectivity index (χ4n) is 2.55. The van der Waals surface area contributed by atoms with Gasteiger partial charge in [0.05, 0.1) is 6.54 Å². The first kappa shape index (κ1) is 19.4. The smallest absolute Gasteiger partial charge is 0.322 e. The Balaban J connectivity index is 1.94. The maximum atomic E-state index is 12.0. The van der Waals surface area contributed by atoms with E-state index in [-0.39, 0.29) is 18.4 Å². The molecule has 1 aromatic rings. The minimum absolute atomic E-state index is 0.129. The number of benzene rings is 1. The van der Waals surface area contributed by atoms with Crippen LogP contribution >= 0.6 is 0 Å². The average Bonchev–Trinajstić information content (AvgIpc) is 2.84. The van der Waals surface area contributed by atoms with E-state index >= 15 is 0 Å². The van der Waals surface area contributed by atoms with E-state index in [2.05, 4.69) is 21.3 Å². The van der Waals surface area contributed by atoms with E-state index in [1.54, 1.807) is 31.2 Å². The highest BCUT2D eigenvalue weighted by molar-refractivity contribution is 6.07. The lowest BCUT2D eigenvalue weighted by Crippen LogP contribution is -2.40. The van der Waals surface area contributed by atoms with Gasteiger partial charge in [0.1, 0.15) is 5.54 Å². The molecule has 1 saturated heterocycles. The van der Waals surface area contributed by atoms with Crippen molar-refractivity contribution in [2.75, 3.05) is 11.9 Å². The Morgan fingerprint density at radius 2 is 1.92 bits per heavy atom. The van der Waals surface area contributed by atoms with Crippen LogP contribution in [0.25, 0.3) is 0 Å². The molecule has 0 bridgehead atoms. The van der Waals surface area contributed by atoms with E-state index in [1.807, 2.05) is 13.8 Å². The van der Waals surface area contributed by atoms with Crippen LogP contribution < -0.4 is 21.3 Å². The van der Waals surface area contributed by atoms with Crippen molar-refractivity contribution in [3.05, 3.63) is 29.8 Å². The van der Waals surface area contributed by atoms with Crippen LogP contribution in [0.2, 0.25) is 0 Å². The van der Waals surface area contributed by atoms with E-state index in [0.29, 0.717) is 23.6 Å². The fraction of sp³-hybridized carbons (Fsp3) is 0.444. The van der Waals surface area contributed by atoms with Crippen molar-refractivity contribution in [1.29, 1.82) is 0 Å². The molecule has 1 heterocycles. The number of carbonyl (C=O) groups excluding carboxylic acids is 4. The van der Waals surface area contributed by atoms with Gasteiger partial charge >= 0.3 is 6.03 Å². The molecule has 2 rings (SSSR count). The quantitative estimate of drug-likeness (QED) is 0.547. The fourth-order valence-corrected chi connectivity index (χ4v) is 2.55. The molecule has 1 unspecified atom stereocenters. The molecule has 1 aliphatic rings. The minimum atomic E-state index is -1.19. The minimum Gasteiger partial charge on any atom is -0.347 e. The number of nitrogens with one attached hydrogen (secondary N) is 4. The van der Waals surface area contributed by atoms with Crippen molar-refractivity contribution in [3.8, 4) is 0 Å². The first-order valence-corrected chi connectivity index (χ1v) is 8.51. The Bertz CT molecular complexity index is 732. The van der Waals surface area contributed by atoms with Gasteiger partial charge in [-0.1, -0.05) is 26.0 Å². The molecular formula is C18H24N4O4. The van der Waals surface area contributed by atoms with E-state index in [0.717, 1.165) is 6.42 Å². The third kappa shape index (κ3) is 4.81. The predicted molar refractivity (Wildman–Crippen MR) is 96.2 cm³/mol. The lowest BCUT2D eigenvalue weighted by molar-refractivity contribution is -0.124. The maximum Gasteiger partial charge on any atom is 0.322 e. The van der Waals surface area contributed by atoms with Crippen LogP contribution in [0, 0.1) is 5.92 Å². The van der Waals surface area contributed by atoms with Gasteiger partial charge in [-0.3, -0.25) is 19.7 Å². The van der Waals surface area contributed by atoms with Gasteiger partial charge in [0.15, 0.2) is 0 Å². The third-order valence-electron chi connectivity index (χ3n) is 4.16. The first-order valence-electron chi connectivity index (χ1n) is 8.51. The van der Waals surface area contributed by atoms with Crippen molar-refractivity contribution in [1.82, 2.24) is 16.0 Å². The summed E-state index contributed by atoms with van der Waals surface area (Å²) < 4.78 is 0. The van der Waals surface area contributed by atoms with Crippen molar-refractivity contribution in [2.45, 2.75) is 39.2 Å². The summed E-state index contributed by atoms with van der Waals surface area (Å²) >= 11 is 0. The van der Waals surface area contributed by atoms with Gasteiger partial charge in [0.2, 0.25) is 11.8 Å². The zero-order valence-corrected chi connectivity index (χ0v) is 15.1. The summed E-state index contributed by atoms with van der Waals surface area (Å²) in [6, 6.07) is 6.09. The van der Waals surface area contributed by atoms with Crippen molar-refractivity contribution < 1.29 is 19.2 Å². The molecule has 0 spiro atoms. The Morgan fingerprint density at radius 3 is 2.54 bits per heavy atom. The van der Waals surface area contributed by atoms with Gasteiger partial charge in [-0.05, 0) is 37.0 Å². The number of urea groups is 1. The summed E-state index contributed by atoms with van der Waals surface area (Å²) in [5, 5.41) is 10.0. The summed E-state index contributed by atoms with van der Waals surface area (Å²) in [5.74, 6) is -0.569. The average molecular weight is 360 g/mol. The second kappa shape index (κ2) is 7.99. The molecule has 1 aliphatic heterocycles. The van der Waals surface area contributed by atoms with Gasteiger partial charge < -0.3 is 16.0 Å². The van der Waals surface area contributed by atoms with Crippen LogP contribution in [0.3, 0.4) is 0 Å². The molecule has 0 saturated carbocycles. The van der Waals surface area contributed by atoms with Crippen molar-refractivity contribution >= 4 is 29.4 Å². The molecule has 8 nitrogen and oxygen atoms in total. The van der Waals surface area contributed by atoms with Crippen LogP contribution in [0.15, 0.2) is 24.3 Å². The van der Waals surface area contributed by atoms with E-state index in [4.69, 9.17) is 0 Å². The summed E-state index contributed by atoms with van der Waals surface area (Å²) in [6.07, 6.45) is 1.15. The number of amides is 5. The normalized spacial score (nSPS) is 19.1. The monoisotopic (exact) mass is 360 g/mol. The lowest BCUT2D eigenvalue weighted by Gasteiger charge is -2.21. The highest BCUT2D eigenvalue weighted by atomic mass is 16.2. The largest absolute Gasteiger partial charge is 0.347 e. The molecule has 5 amide bonds. The lowest BCUT2D eigenvalue weighted by atomic mass is 9.92. The molecular weight excluding hydrogens is 336 g/mol. The number of hydrogen-bond donors (Lipinski definition) is 4. The Morgan fingerprint density at radius 1 is 1.19 bits per heavy atom. The topological polar surface area (TPSA) is 116 Å². The molecule has 1 atom stereocenters. The maximum absolute atomic E-state index is 12.0. The molecule has 0 aliphatic carbocycles. The molecule has 26 heavy (non-hydrogen) atoms. The second-order valence-electron chi connectivity index (χ2n) is 6.87. The number of rotatable bonds is 7. The number of imide groups is 1.